The van der Waals surface area contributed by atoms with Gasteiger partial charge in [-0.1, -0.05) is 20.3 Å². The van der Waals surface area contributed by atoms with E-state index < -0.39 is 12.2 Å². The number of hydrogen-bond acceptors (Lipinski definition) is 3. The molecule has 1 amide bonds. The Morgan fingerprint density at radius 3 is 2.33 bits per heavy atom. The number of carbonyl (C=O) groups is 1. The molecular weight excluding hydrogens is 194 g/mol. The minimum absolute atomic E-state index is 0.0475. The van der Waals surface area contributed by atoms with Crippen LogP contribution in [0.2, 0.25) is 0 Å². The quantitative estimate of drug-likeness (QED) is 0.712. The van der Waals surface area contributed by atoms with Gasteiger partial charge in [-0.05, 0) is 12.3 Å². The zero-order valence-corrected chi connectivity index (χ0v) is 9.52. The van der Waals surface area contributed by atoms with Crippen LogP contribution in [0.1, 0.15) is 33.1 Å². The molecule has 1 aliphatic heterocycles. The summed E-state index contributed by atoms with van der Waals surface area (Å²) >= 11 is 0. The number of aliphatic hydroxyl groups excluding tert-OH is 2. The maximum atomic E-state index is 11.6. The molecule has 2 unspecified atom stereocenters. The molecule has 15 heavy (non-hydrogen) atoms. The van der Waals surface area contributed by atoms with E-state index >= 15 is 0 Å². The third-order valence-corrected chi connectivity index (χ3v) is 2.78. The molecule has 0 aromatic rings. The van der Waals surface area contributed by atoms with Crippen molar-refractivity contribution < 1.29 is 15.0 Å². The zero-order valence-electron chi connectivity index (χ0n) is 9.52. The van der Waals surface area contributed by atoms with Crippen molar-refractivity contribution in [3.05, 3.63) is 0 Å². The van der Waals surface area contributed by atoms with Gasteiger partial charge < -0.3 is 15.1 Å². The fourth-order valence-electron chi connectivity index (χ4n) is 1.79. The monoisotopic (exact) mass is 215 g/mol. The summed E-state index contributed by atoms with van der Waals surface area (Å²) in [7, 11) is 0. The third kappa shape index (κ3) is 3.80. The Bertz CT molecular complexity index is 208. The average Bonchev–Trinajstić information content (AvgIpc) is 2.46. The number of amides is 1. The van der Waals surface area contributed by atoms with Gasteiger partial charge in [-0.2, -0.15) is 0 Å². The van der Waals surface area contributed by atoms with E-state index in [1.165, 1.54) is 0 Å². The lowest BCUT2D eigenvalue weighted by Crippen LogP contribution is -2.29. The summed E-state index contributed by atoms with van der Waals surface area (Å²) < 4.78 is 0. The van der Waals surface area contributed by atoms with Crippen molar-refractivity contribution in [2.45, 2.75) is 45.3 Å². The van der Waals surface area contributed by atoms with E-state index in [4.69, 9.17) is 0 Å². The van der Waals surface area contributed by atoms with E-state index in [1.807, 2.05) is 0 Å². The Morgan fingerprint density at radius 2 is 1.87 bits per heavy atom. The topological polar surface area (TPSA) is 60.8 Å². The Kier molecular flexibility index (Phi) is 4.54. The summed E-state index contributed by atoms with van der Waals surface area (Å²) in [5.74, 6) is 0.666. The van der Waals surface area contributed by atoms with Crippen molar-refractivity contribution in [2.24, 2.45) is 5.92 Å². The van der Waals surface area contributed by atoms with Crippen LogP contribution in [-0.4, -0.2) is 46.3 Å². The highest BCUT2D eigenvalue weighted by atomic mass is 16.3. The van der Waals surface area contributed by atoms with Crippen molar-refractivity contribution in [3.8, 4) is 0 Å². The van der Waals surface area contributed by atoms with Gasteiger partial charge in [0.1, 0.15) is 0 Å². The Balaban J connectivity index is 2.23. The first-order valence-electron chi connectivity index (χ1n) is 5.64. The number of aliphatic hydroxyl groups is 2. The van der Waals surface area contributed by atoms with Gasteiger partial charge in [-0.25, -0.2) is 0 Å². The number of nitrogens with zero attached hydrogens (tertiary/aromatic N) is 1. The lowest BCUT2D eigenvalue weighted by atomic mass is 10.1. The number of rotatable bonds is 4. The standard InChI is InChI=1S/C11H21NO3/c1-8(2)4-3-5-11(15)12-6-9(13)10(14)7-12/h8-10,13-14H,3-7H2,1-2H3. The number of carbonyl (C=O) groups excluding carboxylic acids is 1. The van der Waals surface area contributed by atoms with Crippen LogP contribution in [0.15, 0.2) is 0 Å². The lowest BCUT2D eigenvalue weighted by molar-refractivity contribution is -0.130. The van der Waals surface area contributed by atoms with Crippen LogP contribution in [-0.2, 0) is 4.79 Å². The van der Waals surface area contributed by atoms with E-state index in [-0.39, 0.29) is 19.0 Å². The minimum atomic E-state index is -0.765. The van der Waals surface area contributed by atoms with Gasteiger partial charge in [0.05, 0.1) is 12.2 Å². The van der Waals surface area contributed by atoms with Crippen LogP contribution >= 0.6 is 0 Å². The molecule has 0 spiro atoms. The molecule has 4 heteroatoms. The Morgan fingerprint density at radius 1 is 1.33 bits per heavy atom. The first-order valence-corrected chi connectivity index (χ1v) is 5.64. The van der Waals surface area contributed by atoms with Gasteiger partial charge in [0, 0.05) is 19.5 Å². The summed E-state index contributed by atoms with van der Waals surface area (Å²) in [6.07, 6.45) is 0.930. The third-order valence-electron chi connectivity index (χ3n) is 2.78. The highest BCUT2D eigenvalue weighted by Gasteiger charge is 2.31. The molecule has 88 valence electrons. The average molecular weight is 215 g/mol. The normalized spacial score (nSPS) is 26.3. The van der Waals surface area contributed by atoms with Crippen LogP contribution in [0.3, 0.4) is 0 Å². The summed E-state index contributed by atoms with van der Waals surface area (Å²) in [6, 6.07) is 0. The fraction of sp³-hybridized carbons (Fsp3) is 0.909. The molecule has 2 N–H and O–H groups in total. The molecule has 0 aromatic heterocycles. The van der Waals surface area contributed by atoms with Crippen molar-refractivity contribution in [3.63, 3.8) is 0 Å². The lowest BCUT2D eigenvalue weighted by Gasteiger charge is -2.15. The minimum Gasteiger partial charge on any atom is -0.388 e. The van der Waals surface area contributed by atoms with Gasteiger partial charge in [-0.15, -0.1) is 0 Å². The van der Waals surface area contributed by atoms with Gasteiger partial charge in [0.2, 0.25) is 5.91 Å². The SMILES string of the molecule is CC(C)CCCC(=O)N1CC(O)C(O)C1. The molecule has 1 saturated heterocycles. The molecule has 0 aromatic carbocycles. The second-order valence-corrected chi connectivity index (χ2v) is 4.72. The van der Waals surface area contributed by atoms with Crippen LogP contribution in [0, 0.1) is 5.92 Å². The van der Waals surface area contributed by atoms with Gasteiger partial charge in [-0.3, -0.25) is 4.79 Å². The predicted molar refractivity (Wildman–Crippen MR) is 57.3 cm³/mol. The predicted octanol–water partition coefficient (Wildman–Crippen LogP) is 0.377. The Labute approximate surface area is 90.9 Å². The maximum absolute atomic E-state index is 11.6. The largest absolute Gasteiger partial charge is 0.388 e. The van der Waals surface area contributed by atoms with Crippen LogP contribution in [0.4, 0.5) is 0 Å². The number of likely N-dealkylation sites (tertiary alicyclic amines) is 1. The maximum Gasteiger partial charge on any atom is 0.222 e. The molecule has 1 heterocycles. The van der Waals surface area contributed by atoms with E-state index in [1.54, 1.807) is 4.90 Å². The van der Waals surface area contributed by atoms with Crippen LogP contribution in [0.5, 0.6) is 0 Å². The van der Waals surface area contributed by atoms with Crippen molar-refractivity contribution in [1.29, 1.82) is 0 Å². The highest BCUT2D eigenvalue weighted by molar-refractivity contribution is 5.76. The number of hydrogen-bond donors (Lipinski definition) is 2. The van der Waals surface area contributed by atoms with E-state index in [0.717, 1.165) is 12.8 Å². The van der Waals surface area contributed by atoms with Crippen LogP contribution in [0.25, 0.3) is 0 Å². The molecule has 0 aliphatic carbocycles. The summed E-state index contributed by atoms with van der Waals surface area (Å²) in [5.41, 5.74) is 0. The van der Waals surface area contributed by atoms with Gasteiger partial charge in [0.15, 0.2) is 0 Å². The smallest absolute Gasteiger partial charge is 0.222 e. The van der Waals surface area contributed by atoms with E-state index in [0.29, 0.717) is 12.3 Å². The molecule has 1 rings (SSSR count). The van der Waals surface area contributed by atoms with E-state index in [9.17, 15) is 15.0 Å². The second kappa shape index (κ2) is 5.47. The molecule has 2 atom stereocenters. The zero-order chi connectivity index (χ0) is 11.4. The van der Waals surface area contributed by atoms with Crippen molar-refractivity contribution in [1.82, 2.24) is 4.90 Å². The first-order chi connectivity index (χ1) is 7.00. The summed E-state index contributed by atoms with van der Waals surface area (Å²) in [4.78, 5) is 13.2. The van der Waals surface area contributed by atoms with Crippen molar-refractivity contribution in [2.75, 3.05) is 13.1 Å². The number of β-amino-alcohol motifs (C(OH)–C–C–N with tert-alkyl or cyclic N) is 2. The molecule has 0 saturated carbocycles. The molecular formula is C11H21NO3. The first kappa shape index (κ1) is 12.5. The van der Waals surface area contributed by atoms with Gasteiger partial charge >= 0.3 is 0 Å². The molecule has 0 bridgehead atoms. The van der Waals surface area contributed by atoms with Gasteiger partial charge in [0.25, 0.3) is 0 Å². The summed E-state index contributed by atoms with van der Waals surface area (Å²) in [6.45, 7) is 4.82. The molecule has 4 nitrogen and oxygen atoms in total. The van der Waals surface area contributed by atoms with E-state index in [2.05, 4.69) is 13.8 Å². The van der Waals surface area contributed by atoms with Crippen LogP contribution < -0.4 is 0 Å². The second-order valence-electron chi connectivity index (χ2n) is 4.72. The van der Waals surface area contributed by atoms with Crippen molar-refractivity contribution >= 4 is 5.91 Å². The molecule has 1 aliphatic rings. The fourth-order valence-corrected chi connectivity index (χ4v) is 1.79. The highest BCUT2D eigenvalue weighted by Crippen LogP contribution is 2.13. The molecule has 1 fully saturated rings. The molecule has 0 radical (unpaired) electrons. The summed E-state index contributed by atoms with van der Waals surface area (Å²) in [5, 5.41) is 18.6. The Hall–Kier alpha value is -0.610.